The van der Waals surface area contributed by atoms with Gasteiger partial charge in [-0.15, -0.1) is 0 Å². The first kappa shape index (κ1) is 8.69. The molecule has 14 heavy (non-hydrogen) atoms. The van der Waals surface area contributed by atoms with E-state index >= 15 is 0 Å². The van der Waals surface area contributed by atoms with Gasteiger partial charge in [0.2, 0.25) is 0 Å². The van der Waals surface area contributed by atoms with Gasteiger partial charge in [0, 0.05) is 5.56 Å². The number of nitrogen functional groups attached to an aromatic ring is 1. The smallest absolute Gasteiger partial charge is 0.0950 e. The highest BCUT2D eigenvalue weighted by atomic mass is 15.1. The fourth-order valence-corrected chi connectivity index (χ4v) is 1.22. The molecule has 1 heterocycles. The van der Waals surface area contributed by atoms with Gasteiger partial charge in [-0.1, -0.05) is 30.3 Å². The Balaban J connectivity index is 2.48. The van der Waals surface area contributed by atoms with Gasteiger partial charge >= 0.3 is 0 Å². The van der Waals surface area contributed by atoms with Gasteiger partial charge in [-0.2, -0.15) is 10.2 Å². The van der Waals surface area contributed by atoms with Crippen LogP contribution in [0.3, 0.4) is 0 Å². The number of nitrogens with two attached hydrogens (primary N) is 1. The van der Waals surface area contributed by atoms with Crippen molar-refractivity contribution in [2.45, 2.75) is 6.92 Å². The molecule has 0 unspecified atom stereocenters. The van der Waals surface area contributed by atoms with Gasteiger partial charge in [0.1, 0.15) is 0 Å². The van der Waals surface area contributed by atoms with Crippen molar-refractivity contribution in [3.8, 4) is 11.3 Å². The Morgan fingerprint density at radius 2 is 1.79 bits per heavy atom. The normalized spacial score (nSPS) is 10.1. The first-order valence-corrected chi connectivity index (χ1v) is 4.42. The van der Waals surface area contributed by atoms with E-state index in [4.69, 9.17) is 5.73 Å². The molecule has 70 valence electrons. The molecule has 0 amide bonds. The molecule has 0 spiro atoms. The van der Waals surface area contributed by atoms with Crippen LogP contribution in [0, 0.1) is 6.92 Å². The number of rotatable bonds is 1. The van der Waals surface area contributed by atoms with Crippen molar-refractivity contribution in [3.05, 3.63) is 42.1 Å². The Bertz CT molecular complexity index is 438. The number of hydrogen-bond donors (Lipinski definition) is 1. The fourth-order valence-electron chi connectivity index (χ4n) is 1.22. The van der Waals surface area contributed by atoms with Gasteiger partial charge < -0.3 is 5.73 Å². The maximum Gasteiger partial charge on any atom is 0.0950 e. The summed E-state index contributed by atoms with van der Waals surface area (Å²) in [6.07, 6.45) is 0. The van der Waals surface area contributed by atoms with E-state index in [0.29, 0.717) is 5.69 Å². The third-order valence-corrected chi connectivity index (χ3v) is 2.09. The van der Waals surface area contributed by atoms with E-state index in [2.05, 4.69) is 10.2 Å². The van der Waals surface area contributed by atoms with Gasteiger partial charge in [0.25, 0.3) is 0 Å². The molecule has 3 nitrogen and oxygen atoms in total. The molecule has 0 atom stereocenters. The third kappa shape index (κ3) is 1.57. The van der Waals surface area contributed by atoms with Crippen LogP contribution in [0.2, 0.25) is 0 Å². The number of hydrogen-bond acceptors (Lipinski definition) is 3. The third-order valence-electron chi connectivity index (χ3n) is 2.09. The van der Waals surface area contributed by atoms with E-state index < -0.39 is 0 Å². The van der Waals surface area contributed by atoms with Crippen LogP contribution in [0.1, 0.15) is 5.69 Å². The van der Waals surface area contributed by atoms with Crippen LogP contribution in [0.5, 0.6) is 0 Å². The summed E-state index contributed by atoms with van der Waals surface area (Å²) in [6, 6.07) is 11.7. The molecule has 2 rings (SSSR count). The molecule has 2 N–H and O–H groups in total. The second-order valence-electron chi connectivity index (χ2n) is 3.14. The molecule has 0 aliphatic carbocycles. The summed E-state index contributed by atoms with van der Waals surface area (Å²) in [5.41, 5.74) is 9.05. The number of anilines is 1. The van der Waals surface area contributed by atoms with Crippen LogP contribution in [-0.2, 0) is 0 Å². The summed E-state index contributed by atoms with van der Waals surface area (Å²) in [5, 5.41) is 8.06. The molecule has 1 aromatic carbocycles. The van der Waals surface area contributed by atoms with Crippen LogP contribution in [-0.4, -0.2) is 10.2 Å². The lowest BCUT2D eigenvalue weighted by Crippen LogP contribution is -1.96. The predicted octanol–water partition coefficient (Wildman–Crippen LogP) is 2.03. The van der Waals surface area contributed by atoms with Crippen LogP contribution in [0.4, 0.5) is 5.69 Å². The van der Waals surface area contributed by atoms with Crippen LogP contribution >= 0.6 is 0 Å². The molecule has 0 bridgehead atoms. The average Bonchev–Trinajstić information content (AvgIpc) is 2.23. The maximum atomic E-state index is 5.76. The summed E-state index contributed by atoms with van der Waals surface area (Å²) in [4.78, 5) is 0. The Labute approximate surface area is 82.6 Å². The minimum absolute atomic E-state index is 0.679. The quantitative estimate of drug-likeness (QED) is 0.739. The summed E-state index contributed by atoms with van der Waals surface area (Å²) >= 11 is 0. The molecule has 3 heteroatoms. The number of benzene rings is 1. The van der Waals surface area contributed by atoms with Gasteiger partial charge in [-0.3, -0.25) is 0 Å². The molecule has 1 aromatic heterocycles. The van der Waals surface area contributed by atoms with E-state index in [-0.39, 0.29) is 0 Å². The summed E-state index contributed by atoms with van der Waals surface area (Å²) in [7, 11) is 0. The van der Waals surface area contributed by atoms with Gasteiger partial charge in [-0.25, -0.2) is 0 Å². The Kier molecular flexibility index (Phi) is 2.14. The first-order valence-electron chi connectivity index (χ1n) is 4.42. The number of aryl methyl sites for hydroxylation is 1. The molecule has 0 fully saturated rings. The minimum Gasteiger partial charge on any atom is -0.397 e. The molecule has 0 aliphatic heterocycles. The zero-order valence-electron chi connectivity index (χ0n) is 7.94. The van der Waals surface area contributed by atoms with Crippen molar-refractivity contribution in [2.75, 3.05) is 5.73 Å². The van der Waals surface area contributed by atoms with Crippen molar-refractivity contribution in [2.24, 2.45) is 0 Å². The van der Waals surface area contributed by atoms with Crippen molar-refractivity contribution in [3.63, 3.8) is 0 Å². The van der Waals surface area contributed by atoms with Crippen LogP contribution < -0.4 is 5.73 Å². The lowest BCUT2D eigenvalue weighted by molar-refractivity contribution is 0.991. The molecular weight excluding hydrogens is 174 g/mol. The maximum absolute atomic E-state index is 5.76. The van der Waals surface area contributed by atoms with Gasteiger partial charge in [0.05, 0.1) is 17.1 Å². The van der Waals surface area contributed by atoms with Crippen LogP contribution in [0.15, 0.2) is 36.4 Å². The monoisotopic (exact) mass is 185 g/mol. The number of aromatic nitrogens is 2. The lowest BCUT2D eigenvalue weighted by Gasteiger charge is -2.02. The lowest BCUT2D eigenvalue weighted by atomic mass is 10.1. The second kappa shape index (κ2) is 3.46. The fraction of sp³-hybridized carbons (Fsp3) is 0.0909. The molecule has 0 aliphatic rings. The highest BCUT2D eigenvalue weighted by Crippen LogP contribution is 2.18. The minimum atomic E-state index is 0.679. The van der Waals surface area contributed by atoms with E-state index in [0.717, 1.165) is 17.0 Å². The Hall–Kier alpha value is -1.90. The molecule has 2 aromatic rings. The zero-order chi connectivity index (χ0) is 9.97. The van der Waals surface area contributed by atoms with Crippen LogP contribution in [0.25, 0.3) is 11.3 Å². The summed E-state index contributed by atoms with van der Waals surface area (Å²) in [5.74, 6) is 0. The Morgan fingerprint density at radius 1 is 1.07 bits per heavy atom. The predicted molar refractivity (Wildman–Crippen MR) is 56.6 cm³/mol. The SMILES string of the molecule is Cc1nnc(-c2ccccc2)cc1N. The van der Waals surface area contributed by atoms with Crippen molar-refractivity contribution in [1.29, 1.82) is 0 Å². The topological polar surface area (TPSA) is 51.8 Å². The van der Waals surface area contributed by atoms with E-state index in [1.165, 1.54) is 0 Å². The molecule has 0 saturated heterocycles. The molecule has 0 saturated carbocycles. The first-order chi connectivity index (χ1) is 6.77. The van der Waals surface area contributed by atoms with E-state index in [9.17, 15) is 0 Å². The standard InChI is InChI=1S/C11H11N3/c1-8-10(12)7-11(14-13-8)9-5-3-2-4-6-9/h2-7H,1H3,(H2,12,14). The Morgan fingerprint density at radius 3 is 2.43 bits per heavy atom. The van der Waals surface area contributed by atoms with E-state index in [1.807, 2.05) is 43.3 Å². The van der Waals surface area contributed by atoms with Crippen molar-refractivity contribution >= 4 is 5.69 Å². The van der Waals surface area contributed by atoms with Crippen molar-refractivity contribution in [1.82, 2.24) is 10.2 Å². The van der Waals surface area contributed by atoms with Crippen molar-refractivity contribution < 1.29 is 0 Å². The number of nitrogens with zero attached hydrogens (tertiary/aromatic N) is 2. The second-order valence-corrected chi connectivity index (χ2v) is 3.14. The van der Waals surface area contributed by atoms with E-state index in [1.54, 1.807) is 0 Å². The summed E-state index contributed by atoms with van der Waals surface area (Å²) < 4.78 is 0. The van der Waals surface area contributed by atoms with Gasteiger partial charge in [0.15, 0.2) is 0 Å². The molecular formula is C11H11N3. The average molecular weight is 185 g/mol. The zero-order valence-corrected chi connectivity index (χ0v) is 7.94. The summed E-state index contributed by atoms with van der Waals surface area (Å²) in [6.45, 7) is 1.84. The largest absolute Gasteiger partial charge is 0.397 e. The molecule has 0 radical (unpaired) electrons. The highest BCUT2D eigenvalue weighted by molar-refractivity contribution is 5.62. The van der Waals surface area contributed by atoms with Gasteiger partial charge in [-0.05, 0) is 13.0 Å². The highest BCUT2D eigenvalue weighted by Gasteiger charge is 2.01.